The summed E-state index contributed by atoms with van der Waals surface area (Å²) in [6.45, 7) is 7.76. The van der Waals surface area contributed by atoms with E-state index in [0.29, 0.717) is 12.5 Å². The van der Waals surface area contributed by atoms with Gasteiger partial charge in [0, 0.05) is 26.0 Å². The van der Waals surface area contributed by atoms with Crippen molar-refractivity contribution in [1.29, 1.82) is 0 Å². The van der Waals surface area contributed by atoms with Gasteiger partial charge in [-0.2, -0.15) is 4.98 Å². The zero-order chi connectivity index (χ0) is 19.2. The number of hydrogen-bond acceptors (Lipinski definition) is 5. The maximum atomic E-state index is 11.2. The number of carbonyl (C=O) groups excluding carboxylic acids is 1. The zero-order valence-corrected chi connectivity index (χ0v) is 16.1. The van der Waals surface area contributed by atoms with Crippen molar-refractivity contribution in [2.45, 2.75) is 39.3 Å². The molecule has 0 spiro atoms. The number of rotatable bonds is 7. The van der Waals surface area contributed by atoms with E-state index in [-0.39, 0.29) is 18.1 Å². The van der Waals surface area contributed by atoms with Crippen LogP contribution < -0.4 is 19.7 Å². The van der Waals surface area contributed by atoms with Crippen molar-refractivity contribution in [3.63, 3.8) is 0 Å². The topological polar surface area (TPSA) is 63.7 Å². The molecule has 27 heavy (non-hydrogen) atoms. The van der Waals surface area contributed by atoms with E-state index in [9.17, 15) is 4.79 Å². The number of aromatic nitrogens is 1. The molecule has 0 aliphatic carbocycles. The molecule has 144 valence electrons. The van der Waals surface area contributed by atoms with Crippen LogP contribution >= 0.6 is 0 Å². The first kappa shape index (κ1) is 19.0. The van der Waals surface area contributed by atoms with E-state index < -0.39 is 0 Å². The molecule has 1 aliphatic heterocycles. The minimum atomic E-state index is -0.0316. The van der Waals surface area contributed by atoms with Crippen LogP contribution in [-0.4, -0.2) is 36.7 Å². The second-order valence-electron chi connectivity index (χ2n) is 6.73. The number of ether oxygens (including phenoxy) is 2. The van der Waals surface area contributed by atoms with Crippen LogP contribution in [0.1, 0.15) is 38.8 Å². The number of benzene rings is 1. The van der Waals surface area contributed by atoms with Crippen LogP contribution in [-0.2, 0) is 4.79 Å². The Bertz CT molecular complexity index is 764. The van der Waals surface area contributed by atoms with Crippen molar-refractivity contribution in [2.24, 2.45) is 0 Å². The van der Waals surface area contributed by atoms with Crippen molar-refractivity contribution in [1.82, 2.24) is 10.3 Å². The monoisotopic (exact) mass is 369 g/mol. The molecule has 0 saturated carbocycles. The second-order valence-corrected chi connectivity index (χ2v) is 6.73. The number of nitrogens with one attached hydrogen (secondary N) is 1. The van der Waals surface area contributed by atoms with E-state index in [1.165, 1.54) is 6.92 Å². The van der Waals surface area contributed by atoms with Gasteiger partial charge >= 0.3 is 0 Å². The van der Waals surface area contributed by atoms with Gasteiger partial charge in [0.05, 0.1) is 19.2 Å². The normalized spacial score (nSPS) is 17.4. The molecule has 1 aliphatic rings. The summed E-state index contributed by atoms with van der Waals surface area (Å²) in [6.07, 6.45) is 1.08. The summed E-state index contributed by atoms with van der Waals surface area (Å²) in [5.74, 6) is 2.39. The SMILES string of the molecule is CCOc1cccc(N2CCC(Oc3ccc([C@H](C)NC(C)=O)cc3)C2)n1. The Morgan fingerprint density at radius 2 is 2.07 bits per heavy atom. The molecule has 6 nitrogen and oxygen atoms in total. The van der Waals surface area contributed by atoms with Crippen LogP contribution in [0.25, 0.3) is 0 Å². The molecule has 0 radical (unpaired) electrons. The van der Waals surface area contributed by atoms with E-state index in [1.54, 1.807) is 0 Å². The van der Waals surface area contributed by atoms with E-state index in [1.807, 2.05) is 56.3 Å². The lowest BCUT2D eigenvalue weighted by Gasteiger charge is -2.19. The Balaban J connectivity index is 1.56. The van der Waals surface area contributed by atoms with Gasteiger partial charge in [-0.25, -0.2) is 0 Å². The number of anilines is 1. The highest BCUT2D eigenvalue weighted by molar-refractivity contribution is 5.73. The highest BCUT2D eigenvalue weighted by atomic mass is 16.5. The van der Waals surface area contributed by atoms with E-state index in [0.717, 1.165) is 36.6 Å². The van der Waals surface area contributed by atoms with Gasteiger partial charge in [0.1, 0.15) is 17.7 Å². The maximum Gasteiger partial charge on any atom is 0.217 e. The second kappa shape index (κ2) is 8.75. The molecule has 6 heteroatoms. The van der Waals surface area contributed by atoms with E-state index in [4.69, 9.17) is 9.47 Å². The number of amides is 1. The Morgan fingerprint density at radius 3 is 2.78 bits per heavy atom. The summed E-state index contributed by atoms with van der Waals surface area (Å²) in [4.78, 5) is 18.0. The molecule has 1 aromatic heterocycles. The fourth-order valence-corrected chi connectivity index (χ4v) is 3.26. The predicted molar refractivity (Wildman–Crippen MR) is 105 cm³/mol. The Kier molecular flexibility index (Phi) is 6.16. The number of carbonyl (C=O) groups is 1. The van der Waals surface area contributed by atoms with Crippen molar-refractivity contribution in [3.8, 4) is 11.6 Å². The summed E-state index contributed by atoms with van der Waals surface area (Å²) in [5, 5.41) is 2.89. The lowest BCUT2D eigenvalue weighted by Crippen LogP contribution is -2.25. The molecular formula is C21H27N3O3. The molecule has 2 atom stereocenters. The molecule has 2 aromatic rings. The zero-order valence-electron chi connectivity index (χ0n) is 16.1. The summed E-state index contributed by atoms with van der Waals surface area (Å²) >= 11 is 0. The Labute approximate surface area is 160 Å². The van der Waals surface area contributed by atoms with Gasteiger partial charge in [-0.05, 0) is 37.6 Å². The lowest BCUT2D eigenvalue weighted by molar-refractivity contribution is -0.119. The maximum absolute atomic E-state index is 11.2. The first-order valence-electron chi connectivity index (χ1n) is 9.43. The molecule has 1 unspecified atom stereocenters. The molecule has 3 rings (SSSR count). The molecular weight excluding hydrogens is 342 g/mol. The molecule has 1 amide bonds. The largest absolute Gasteiger partial charge is 0.489 e. The highest BCUT2D eigenvalue weighted by Crippen LogP contribution is 2.25. The van der Waals surface area contributed by atoms with Gasteiger partial charge in [0.15, 0.2) is 0 Å². The minimum Gasteiger partial charge on any atom is -0.489 e. The Hall–Kier alpha value is -2.76. The van der Waals surface area contributed by atoms with Gasteiger partial charge in [0.25, 0.3) is 0 Å². The van der Waals surface area contributed by atoms with Crippen LogP contribution in [0.15, 0.2) is 42.5 Å². The quantitative estimate of drug-likeness (QED) is 0.811. The molecule has 0 bridgehead atoms. The molecule has 1 fully saturated rings. The van der Waals surface area contributed by atoms with Crippen molar-refractivity contribution >= 4 is 11.7 Å². The van der Waals surface area contributed by atoms with Gasteiger partial charge in [-0.15, -0.1) is 0 Å². The van der Waals surface area contributed by atoms with E-state index in [2.05, 4.69) is 15.2 Å². The third kappa shape index (κ3) is 5.12. The van der Waals surface area contributed by atoms with Gasteiger partial charge in [-0.3, -0.25) is 4.79 Å². The van der Waals surface area contributed by atoms with Gasteiger partial charge in [0.2, 0.25) is 11.8 Å². The fourth-order valence-electron chi connectivity index (χ4n) is 3.26. The van der Waals surface area contributed by atoms with Crippen LogP contribution in [0, 0.1) is 0 Å². The van der Waals surface area contributed by atoms with E-state index >= 15 is 0 Å². The number of pyridine rings is 1. The average molecular weight is 369 g/mol. The highest BCUT2D eigenvalue weighted by Gasteiger charge is 2.25. The van der Waals surface area contributed by atoms with Crippen LogP contribution in [0.4, 0.5) is 5.82 Å². The van der Waals surface area contributed by atoms with Crippen molar-refractivity contribution in [2.75, 3.05) is 24.6 Å². The van der Waals surface area contributed by atoms with Crippen LogP contribution in [0.3, 0.4) is 0 Å². The van der Waals surface area contributed by atoms with Gasteiger partial charge < -0.3 is 19.7 Å². The van der Waals surface area contributed by atoms with Crippen LogP contribution in [0.2, 0.25) is 0 Å². The fraction of sp³-hybridized carbons (Fsp3) is 0.429. The first-order valence-corrected chi connectivity index (χ1v) is 9.43. The lowest BCUT2D eigenvalue weighted by atomic mass is 10.1. The third-order valence-corrected chi connectivity index (χ3v) is 4.57. The van der Waals surface area contributed by atoms with Crippen molar-refractivity contribution in [3.05, 3.63) is 48.0 Å². The Morgan fingerprint density at radius 1 is 1.30 bits per heavy atom. The third-order valence-electron chi connectivity index (χ3n) is 4.57. The average Bonchev–Trinajstić information content (AvgIpc) is 3.11. The summed E-state index contributed by atoms with van der Waals surface area (Å²) in [5.41, 5.74) is 1.06. The summed E-state index contributed by atoms with van der Waals surface area (Å²) in [6, 6.07) is 13.8. The molecule has 1 saturated heterocycles. The molecule has 1 aromatic carbocycles. The summed E-state index contributed by atoms with van der Waals surface area (Å²) < 4.78 is 11.6. The standard InChI is InChI=1S/C21H27N3O3/c1-4-26-21-7-5-6-20(23-21)24-13-12-19(14-24)27-18-10-8-17(9-11-18)15(2)22-16(3)25/h5-11,15,19H,4,12-14H2,1-3H3,(H,22,25)/t15-,19?/m0/s1. The minimum absolute atomic E-state index is 0.0118. The summed E-state index contributed by atoms with van der Waals surface area (Å²) in [7, 11) is 0. The predicted octanol–water partition coefficient (Wildman–Crippen LogP) is 3.34. The number of nitrogens with zero attached hydrogens (tertiary/aromatic N) is 2. The molecule has 1 N–H and O–H groups in total. The smallest absolute Gasteiger partial charge is 0.217 e. The van der Waals surface area contributed by atoms with Crippen molar-refractivity contribution < 1.29 is 14.3 Å². The van der Waals surface area contributed by atoms with Crippen LogP contribution in [0.5, 0.6) is 11.6 Å². The number of hydrogen-bond donors (Lipinski definition) is 1. The molecule has 2 heterocycles. The first-order chi connectivity index (χ1) is 13.0. The van der Waals surface area contributed by atoms with Gasteiger partial charge in [-0.1, -0.05) is 18.2 Å².